The molecule has 0 aromatic heterocycles. The summed E-state index contributed by atoms with van der Waals surface area (Å²) in [6, 6.07) is 5.75. The molecule has 20 heavy (non-hydrogen) atoms. The Morgan fingerprint density at radius 3 is 2.70 bits per heavy atom. The van der Waals surface area contributed by atoms with Crippen LogP contribution in [0.5, 0.6) is 5.75 Å². The van der Waals surface area contributed by atoms with Gasteiger partial charge in [0.05, 0.1) is 6.61 Å². The number of rotatable bonds is 7. The molecule has 0 saturated heterocycles. The van der Waals surface area contributed by atoms with Gasteiger partial charge in [0.1, 0.15) is 5.75 Å². The fourth-order valence-electron chi connectivity index (χ4n) is 1.72. The molecule has 4 nitrogen and oxygen atoms in total. The zero-order chi connectivity index (χ0) is 15.1. The van der Waals surface area contributed by atoms with Crippen LogP contribution in [0.2, 0.25) is 0 Å². The molecule has 2 atom stereocenters. The first kappa shape index (κ1) is 17.0. The van der Waals surface area contributed by atoms with Crippen LogP contribution >= 0.6 is 15.9 Å². The van der Waals surface area contributed by atoms with Crippen molar-refractivity contribution in [1.29, 1.82) is 0 Å². The minimum Gasteiger partial charge on any atom is -0.479 e. The van der Waals surface area contributed by atoms with Gasteiger partial charge in [-0.25, -0.2) is 4.79 Å². The topological polar surface area (TPSA) is 61.5 Å². The Morgan fingerprint density at radius 1 is 1.40 bits per heavy atom. The summed E-state index contributed by atoms with van der Waals surface area (Å²) in [5.74, 6) is 0.286. The lowest BCUT2D eigenvalue weighted by molar-refractivity contribution is -0.150. The average molecular weight is 344 g/mol. The van der Waals surface area contributed by atoms with Crippen molar-refractivity contribution in [2.75, 3.05) is 6.61 Å². The van der Waals surface area contributed by atoms with Crippen LogP contribution in [-0.2, 0) is 16.0 Å². The summed E-state index contributed by atoms with van der Waals surface area (Å²) < 4.78 is 11.5. The van der Waals surface area contributed by atoms with E-state index >= 15 is 0 Å². The van der Waals surface area contributed by atoms with Gasteiger partial charge in [0.15, 0.2) is 6.10 Å². The molecular formula is C15H22BrNO3. The largest absolute Gasteiger partial charge is 0.479 e. The highest BCUT2D eigenvalue weighted by Crippen LogP contribution is 2.24. The van der Waals surface area contributed by atoms with Crippen LogP contribution in [0.1, 0.15) is 32.8 Å². The minimum absolute atomic E-state index is 0.115. The third-order valence-electron chi connectivity index (χ3n) is 2.96. The van der Waals surface area contributed by atoms with Crippen LogP contribution in [0.25, 0.3) is 0 Å². The number of halogens is 1. The molecule has 0 heterocycles. The Hall–Kier alpha value is -1.07. The van der Waals surface area contributed by atoms with E-state index in [9.17, 15) is 4.79 Å². The summed E-state index contributed by atoms with van der Waals surface area (Å²) in [6.45, 7) is 5.86. The zero-order valence-electron chi connectivity index (χ0n) is 12.2. The second kappa shape index (κ2) is 8.27. The molecule has 0 fully saturated rings. The second-order valence-electron chi connectivity index (χ2n) is 4.64. The zero-order valence-corrected chi connectivity index (χ0v) is 13.8. The molecule has 5 heteroatoms. The van der Waals surface area contributed by atoms with E-state index in [-0.39, 0.29) is 12.0 Å². The van der Waals surface area contributed by atoms with Gasteiger partial charge in [-0.1, -0.05) is 22.9 Å². The summed E-state index contributed by atoms with van der Waals surface area (Å²) in [4.78, 5) is 11.5. The molecule has 0 aliphatic heterocycles. The van der Waals surface area contributed by atoms with Gasteiger partial charge >= 0.3 is 5.97 Å². The van der Waals surface area contributed by atoms with Gasteiger partial charge in [0.2, 0.25) is 0 Å². The maximum Gasteiger partial charge on any atom is 0.347 e. The maximum absolute atomic E-state index is 11.5. The monoisotopic (exact) mass is 343 g/mol. The Morgan fingerprint density at radius 2 is 2.10 bits per heavy atom. The van der Waals surface area contributed by atoms with Crippen LogP contribution in [0.3, 0.4) is 0 Å². The van der Waals surface area contributed by atoms with Gasteiger partial charge in [-0.2, -0.15) is 0 Å². The van der Waals surface area contributed by atoms with E-state index in [0.717, 1.165) is 22.9 Å². The van der Waals surface area contributed by atoms with E-state index in [1.165, 1.54) is 0 Å². The van der Waals surface area contributed by atoms with Crippen molar-refractivity contribution in [1.82, 2.24) is 0 Å². The molecule has 0 aliphatic carbocycles. The van der Waals surface area contributed by atoms with Crippen LogP contribution < -0.4 is 10.5 Å². The number of nitrogens with two attached hydrogens (primary N) is 1. The van der Waals surface area contributed by atoms with Crippen LogP contribution in [0.4, 0.5) is 0 Å². The van der Waals surface area contributed by atoms with Gasteiger partial charge in [-0.05, 0) is 50.5 Å². The third kappa shape index (κ3) is 5.13. The lowest BCUT2D eigenvalue weighted by atomic mass is 10.0. The van der Waals surface area contributed by atoms with Crippen LogP contribution in [0, 0.1) is 0 Å². The molecule has 0 radical (unpaired) electrons. The number of carbonyl (C=O) groups excluding carboxylic acids is 1. The van der Waals surface area contributed by atoms with Gasteiger partial charge in [-0.3, -0.25) is 0 Å². The predicted octanol–water partition coefficient (Wildman–Crippen LogP) is 3.06. The lowest BCUT2D eigenvalue weighted by Crippen LogP contribution is -2.26. The number of ether oxygens (including phenoxy) is 2. The number of hydrogen-bond acceptors (Lipinski definition) is 4. The Labute approximate surface area is 128 Å². The van der Waals surface area contributed by atoms with Crippen molar-refractivity contribution in [2.24, 2.45) is 5.73 Å². The van der Waals surface area contributed by atoms with Crippen molar-refractivity contribution in [3.05, 3.63) is 28.2 Å². The molecule has 2 N–H and O–H groups in total. The maximum atomic E-state index is 11.5. The Bertz CT molecular complexity index is 451. The van der Waals surface area contributed by atoms with E-state index in [1.807, 2.05) is 18.2 Å². The lowest BCUT2D eigenvalue weighted by Gasteiger charge is -2.16. The van der Waals surface area contributed by atoms with Crippen molar-refractivity contribution in [3.63, 3.8) is 0 Å². The number of esters is 1. The summed E-state index contributed by atoms with van der Waals surface area (Å²) in [6.07, 6.45) is 1.06. The van der Waals surface area contributed by atoms with E-state index < -0.39 is 6.10 Å². The van der Waals surface area contributed by atoms with E-state index in [2.05, 4.69) is 22.9 Å². The van der Waals surface area contributed by atoms with E-state index in [1.54, 1.807) is 13.8 Å². The summed E-state index contributed by atoms with van der Waals surface area (Å²) in [5.41, 5.74) is 7.05. The highest BCUT2D eigenvalue weighted by Gasteiger charge is 2.16. The summed E-state index contributed by atoms with van der Waals surface area (Å²) in [7, 11) is 0. The van der Waals surface area contributed by atoms with Crippen molar-refractivity contribution in [2.45, 2.75) is 45.8 Å². The highest BCUT2D eigenvalue weighted by molar-refractivity contribution is 9.10. The number of carbonyl (C=O) groups is 1. The number of hydrogen-bond donors (Lipinski definition) is 1. The first-order valence-electron chi connectivity index (χ1n) is 6.85. The minimum atomic E-state index is -0.621. The van der Waals surface area contributed by atoms with Crippen LogP contribution in [-0.4, -0.2) is 24.7 Å². The molecule has 112 valence electrons. The normalized spacial score (nSPS) is 13.7. The Balaban J connectivity index is 2.76. The number of benzene rings is 1. The first-order valence-corrected chi connectivity index (χ1v) is 7.64. The van der Waals surface area contributed by atoms with Gasteiger partial charge in [-0.15, -0.1) is 0 Å². The van der Waals surface area contributed by atoms with Gasteiger partial charge in [0.25, 0.3) is 0 Å². The highest BCUT2D eigenvalue weighted by atomic mass is 79.9. The van der Waals surface area contributed by atoms with Gasteiger partial charge in [0, 0.05) is 10.5 Å². The molecule has 0 saturated carbocycles. The second-order valence-corrected chi connectivity index (χ2v) is 5.49. The summed E-state index contributed by atoms with van der Waals surface area (Å²) in [5, 5.41) is 0. The first-order chi connectivity index (χ1) is 9.47. The molecular weight excluding hydrogens is 322 g/mol. The van der Waals surface area contributed by atoms with Crippen LogP contribution in [0.15, 0.2) is 22.7 Å². The average Bonchev–Trinajstić information content (AvgIpc) is 2.42. The quantitative estimate of drug-likeness (QED) is 0.773. The smallest absolute Gasteiger partial charge is 0.347 e. The van der Waals surface area contributed by atoms with Crippen molar-refractivity contribution >= 4 is 21.9 Å². The molecule has 0 bridgehead atoms. The van der Waals surface area contributed by atoms with Crippen molar-refractivity contribution in [3.8, 4) is 5.75 Å². The van der Waals surface area contributed by atoms with Gasteiger partial charge < -0.3 is 15.2 Å². The third-order valence-corrected chi connectivity index (χ3v) is 3.73. The fourth-order valence-corrected chi connectivity index (χ4v) is 2.13. The van der Waals surface area contributed by atoms with E-state index in [4.69, 9.17) is 15.2 Å². The molecule has 2 unspecified atom stereocenters. The fraction of sp³-hybridized carbons (Fsp3) is 0.533. The molecule has 0 amide bonds. The predicted molar refractivity (Wildman–Crippen MR) is 82.8 cm³/mol. The summed E-state index contributed by atoms with van der Waals surface area (Å²) >= 11 is 3.51. The molecule has 1 aromatic carbocycles. The SMILES string of the molecule is CCOC(=O)C(C)Oc1ccc(Br)c(CC(N)CC)c1. The molecule has 1 aromatic rings. The standard InChI is InChI=1S/C15H22BrNO3/c1-4-12(17)8-11-9-13(6-7-14(11)16)20-10(3)15(18)19-5-2/h6-7,9-10,12H,4-5,8,17H2,1-3H3. The molecule has 0 spiro atoms. The van der Waals surface area contributed by atoms with Crippen molar-refractivity contribution < 1.29 is 14.3 Å². The molecule has 0 aliphatic rings. The Kier molecular flexibility index (Phi) is 7.02. The van der Waals surface area contributed by atoms with E-state index in [0.29, 0.717) is 12.4 Å². The molecule has 1 rings (SSSR count).